The average molecular weight is 377 g/mol. The van der Waals surface area contributed by atoms with Crippen LogP contribution in [0, 0.1) is 0 Å². The van der Waals surface area contributed by atoms with Crippen molar-refractivity contribution in [2.45, 2.75) is 12.8 Å². The minimum absolute atomic E-state index is 0.0491. The van der Waals surface area contributed by atoms with Crippen molar-refractivity contribution < 1.29 is 9.21 Å². The Morgan fingerprint density at radius 2 is 1.92 bits per heavy atom. The van der Waals surface area contributed by atoms with Gasteiger partial charge in [0, 0.05) is 38.6 Å². The Morgan fingerprint density at radius 3 is 2.58 bits per heavy atom. The molecule has 0 bridgehead atoms. The molecule has 0 aliphatic carbocycles. The number of nitrogens with one attached hydrogen (secondary N) is 2. The van der Waals surface area contributed by atoms with Gasteiger partial charge in [0.25, 0.3) is 0 Å². The lowest BCUT2D eigenvalue weighted by Gasteiger charge is -2.13. The lowest BCUT2D eigenvalue weighted by atomic mass is 10.1. The lowest BCUT2D eigenvalue weighted by Crippen LogP contribution is -2.40. The van der Waals surface area contributed by atoms with Crippen LogP contribution in [0.3, 0.4) is 0 Å². The predicted molar refractivity (Wildman–Crippen MR) is 105 cm³/mol. The molecule has 2 rings (SSSR count). The summed E-state index contributed by atoms with van der Waals surface area (Å²) in [6, 6.07) is 11.6. The minimum atomic E-state index is -0.0491. The van der Waals surface area contributed by atoms with Crippen molar-refractivity contribution in [3.8, 4) is 0 Å². The molecule has 0 atom stereocenters. The second-order valence-corrected chi connectivity index (χ2v) is 6.45. The maximum atomic E-state index is 11.8. The van der Waals surface area contributed by atoms with Crippen molar-refractivity contribution >= 4 is 23.5 Å². The van der Waals surface area contributed by atoms with Crippen molar-refractivity contribution in [3.63, 3.8) is 0 Å². The van der Waals surface area contributed by atoms with E-state index in [2.05, 4.69) is 15.6 Å². The predicted octanol–water partition coefficient (Wildman–Crippen LogP) is 2.34. The molecule has 1 heterocycles. The number of likely N-dealkylation sites (N-methyl/N-ethyl adjacent to an activating group) is 1. The van der Waals surface area contributed by atoms with Gasteiger partial charge in [0.15, 0.2) is 5.96 Å². The van der Waals surface area contributed by atoms with E-state index in [9.17, 15) is 4.79 Å². The van der Waals surface area contributed by atoms with Gasteiger partial charge in [-0.2, -0.15) is 0 Å². The van der Waals surface area contributed by atoms with Crippen LogP contribution < -0.4 is 10.6 Å². The highest BCUT2D eigenvalue weighted by atomic mass is 35.5. The third kappa shape index (κ3) is 7.19. The fourth-order valence-corrected chi connectivity index (χ4v) is 2.45. The quantitative estimate of drug-likeness (QED) is 0.548. The van der Waals surface area contributed by atoms with E-state index in [-0.39, 0.29) is 12.5 Å². The molecule has 0 fully saturated rings. The summed E-state index contributed by atoms with van der Waals surface area (Å²) >= 11 is 6.01. The molecule has 0 aliphatic heterocycles. The van der Waals surface area contributed by atoms with E-state index in [1.54, 1.807) is 20.4 Å². The number of rotatable bonds is 8. The first kappa shape index (κ1) is 19.8. The summed E-state index contributed by atoms with van der Waals surface area (Å²) in [6.45, 7) is 1.44. The highest BCUT2D eigenvalue weighted by molar-refractivity contribution is 6.30. The summed E-state index contributed by atoms with van der Waals surface area (Å²) in [5.74, 6) is 1.46. The summed E-state index contributed by atoms with van der Waals surface area (Å²) in [6.07, 6.45) is 3.20. The van der Waals surface area contributed by atoms with Gasteiger partial charge in [-0.3, -0.25) is 4.79 Å². The molecule has 0 spiro atoms. The van der Waals surface area contributed by atoms with E-state index in [0.29, 0.717) is 19.0 Å². The minimum Gasteiger partial charge on any atom is -0.469 e. The third-order valence-corrected chi connectivity index (χ3v) is 3.95. The molecule has 1 aromatic heterocycles. The zero-order valence-corrected chi connectivity index (χ0v) is 15.9. The number of furan rings is 1. The highest BCUT2D eigenvalue weighted by Crippen LogP contribution is 2.10. The van der Waals surface area contributed by atoms with Crippen LogP contribution in [0.15, 0.2) is 52.1 Å². The number of halogens is 1. The molecule has 0 saturated carbocycles. The van der Waals surface area contributed by atoms with Gasteiger partial charge in [-0.05, 0) is 36.2 Å². The summed E-state index contributed by atoms with van der Waals surface area (Å²) in [7, 11) is 3.43. The van der Waals surface area contributed by atoms with Crippen molar-refractivity contribution in [2.24, 2.45) is 4.99 Å². The second-order valence-electron chi connectivity index (χ2n) is 6.02. The highest BCUT2D eigenvalue weighted by Gasteiger charge is 2.05. The lowest BCUT2D eigenvalue weighted by molar-refractivity contribution is -0.127. The zero-order chi connectivity index (χ0) is 18.8. The molecule has 7 heteroatoms. The number of hydrogen-bond donors (Lipinski definition) is 2. The van der Waals surface area contributed by atoms with Crippen molar-refractivity contribution in [1.29, 1.82) is 0 Å². The molecule has 2 N–H and O–H groups in total. The molecular formula is C19H25ClN4O2. The summed E-state index contributed by atoms with van der Waals surface area (Å²) in [5.41, 5.74) is 1.14. The van der Waals surface area contributed by atoms with Gasteiger partial charge in [0.05, 0.1) is 6.26 Å². The Kier molecular flexibility index (Phi) is 8.02. The molecule has 0 unspecified atom stereocenters. The molecule has 26 heavy (non-hydrogen) atoms. The number of hydrogen-bond acceptors (Lipinski definition) is 3. The fourth-order valence-electron chi connectivity index (χ4n) is 2.24. The normalized spacial score (nSPS) is 11.3. The molecule has 1 amide bonds. The smallest absolute Gasteiger partial charge is 0.243 e. The van der Waals surface area contributed by atoms with Crippen molar-refractivity contribution in [1.82, 2.24) is 15.5 Å². The van der Waals surface area contributed by atoms with Crippen LogP contribution in [0.1, 0.15) is 11.3 Å². The second kappa shape index (κ2) is 10.5. The van der Waals surface area contributed by atoms with Gasteiger partial charge in [0.1, 0.15) is 12.3 Å². The molecule has 0 saturated heterocycles. The average Bonchev–Trinajstić information content (AvgIpc) is 3.12. The summed E-state index contributed by atoms with van der Waals surface area (Å²) < 4.78 is 5.32. The van der Waals surface area contributed by atoms with E-state index in [1.165, 1.54) is 4.90 Å². The van der Waals surface area contributed by atoms with Gasteiger partial charge in [-0.25, -0.2) is 4.99 Å². The third-order valence-electron chi connectivity index (χ3n) is 3.71. The molecule has 140 valence electrons. The van der Waals surface area contributed by atoms with Gasteiger partial charge >= 0.3 is 0 Å². The fraction of sp³-hybridized carbons (Fsp3) is 0.368. The van der Waals surface area contributed by atoms with Gasteiger partial charge in [-0.15, -0.1) is 0 Å². The maximum absolute atomic E-state index is 11.8. The molecular weight excluding hydrogens is 352 g/mol. The standard InChI is InChI=1S/C19H25ClN4O2/c1-24(2)18(25)14-23-19(22-11-9-17-7-4-12-26-17)21-10-8-15-5-3-6-16(20)13-15/h3-7,12-13H,8-11,14H2,1-2H3,(H2,21,22,23). The Hall–Kier alpha value is -2.47. The van der Waals surface area contributed by atoms with E-state index in [1.807, 2.05) is 36.4 Å². The number of amides is 1. The first-order valence-electron chi connectivity index (χ1n) is 8.54. The van der Waals surface area contributed by atoms with E-state index in [4.69, 9.17) is 16.0 Å². The summed E-state index contributed by atoms with van der Waals surface area (Å²) in [5, 5.41) is 7.22. The van der Waals surface area contributed by atoms with Gasteiger partial charge in [0.2, 0.25) is 5.91 Å². The molecule has 0 radical (unpaired) electrons. The van der Waals surface area contributed by atoms with E-state index in [0.717, 1.165) is 29.2 Å². The monoisotopic (exact) mass is 376 g/mol. The molecule has 6 nitrogen and oxygen atoms in total. The number of guanidine groups is 1. The van der Waals surface area contributed by atoms with Crippen LogP contribution in [0.2, 0.25) is 5.02 Å². The van der Waals surface area contributed by atoms with Crippen LogP contribution in [0.5, 0.6) is 0 Å². The Morgan fingerprint density at radius 1 is 1.15 bits per heavy atom. The number of nitrogens with zero attached hydrogens (tertiary/aromatic N) is 2. The first-order valence-corrected chi connectivity index (χ1v) is 8.91. The van der Waals surface area contributed by atoms with Crippen molar-refractivity contribution in [2.75, 3.05) is 33.7 Å². The van der Waals surface area contributed by atoms with Gasteiger partial charge in [-0.1, -0.05) is 23.7 Å². The first-order chi connectivity index (χ1) is 12.5. The molecule has 1 aromatic carbocycles. The van der Waals surface area contributed by atoms with E-state index >= 15 is 0 Å². The van der Waals surface area contributed by atoms with E-state index < -0.39 is 0 Å². The number of benzene rings is 1. The zero-order valence-electron chi connectivity index (χ0n) is 15.2. The Balaban J connectivity index is 1.86. The van der Waals surface area contributed by atoms with Crippen LogP contribution in [-0.2, 0) is 17.6 Å². The SMILES string of the molecule is CN(C)C(=O)CN=C(NCCc1cccc(Cl)c1)NCCc1ccco1. The molecule has 2 aromatic rings. The number of aliphatic imine (C=N–C) groups is 1. The number of carbonyl (C=O) groups is 1. The van der Waals surface area contributed by atoms with Gasteiger partial charge < -0.3 is 20.0 Å². The van der Waals surface area contributed by atoms with Crippen LogP contribution in [-0.4, -0.2) is 50.5 Å². The summed E-state index contributed by atoms with van der Waals surface area (Å²) in [4.78, 5) is 17.7. The van der Waals surface area contributed by atoms with Crippen LogP contribution in [0.25, 0.3) is 0 Å². The van der Waals surface area contributed by atoms with Crippen molar-refractivity contribution in [3.05, 3.63) is 59.0 Å². The molecule has 0 aliphatic rings. The topological polar surface area (TPSA) is 69.9 Å². The number of carbonyl (C=O) groups excluding carboxylic acids is 1. The maximum Gasteiger partial charge on any atom is 0.243 e. The van der Waals surface area contributed by atoms with Crippen LogP contribution in [0.4, 0.5) is 0 Å². The largest absolute Gasteiger partial charge is 0.469 e. The Labute approximate surface area is 159 Å². The Bertz CT molecular complexity index is 714. The van der Waals surface area contributed by atoms with Crippen LogP contribution >= 0.6 is 11.6 Å².